The zero-order valence-corrected chi connectivity index (χ0v) is 17.9. The van der Waals surface area contributed by atoms with Crippen LogP contribution in [-0.4, -0.2) is 37.6 Å². The van der Waals surface area contributed by atoms with Gasteiger partial charge in [0, 0.05) is 4.88 Å². The van der Waals surface area contributed by atoms with Gasteiger partial charge in [-0.05, 0) is 56.9 Å². The fourth-order valence-electron chi connectivity index (χ4n) is 3.32. The molecule has 1 aromatic heterocycles. The molecule has 0 saturated heterocycles. The zero-order valence-electron chi connectivity index (χ0n) is 17.1. The third kappa shape index (κ3) is 4.40. The van der Waals surface area contributed by atoms with E-state index in [9.17, 15) is 14.4 Å². The Hall–Kier alpha value is -3.07. The number of ether oxygens (including phenoxy) is 3. The molecule has 160 valence electrons. The fourth-order valence-corrected chi connectivity index (χ4v) is 4.62. The lowest BCUT2D eigenvalue weighted by atomic mass is 10.1. The summed E-state index contributed by atoms with van der Waals surface area (Å²) in [5, 5.41) is 3.09. The lowest BCUT2D eigenvalue weighted by Gasteiger charge is -2.15. The van der Waals surface area contributed by atoms with Crippen LogP contribution < -0.4 is 20.5 Å². The topological polar surface area (TPSA) is 117 Å². The minimum atomic E-state index is -1.08. The maximum absolute atomic E-state index is 12.6. The predicted molar refractivity (Wildman–Crippen MR) is 113 cm³/mol. The molecule has 2 amide bonds. The summed E-state index contributed by atoms with van der Waals surface area (Å²) in [5.41, 5.74) is 7.00. The third-order valence-electron chi connectivity index (χ3n) is 4.76. The van der Waals surface area contributed by atoms with Crippen molar-refractivity contribution in [3.8, 4) is 11.5 Å². The monoisotopic (exact) mass is 432 g/mol. The van der Waals surface area contributed by atoms with Crippen LogP contribution >= 0.6 is 11.3 Å². The minimum Gasteiger partial charge on any atom is -0.493 e. The van der Waals surface area contributed by atoms with Gasteiger partial charge in [0.25, 0.3) is 11.8 Å². The van der Waals surface area contributed by atoms with E-state index in [1.54, 1.807) is 6.07 Å². The smallest absolute Gasteiger partial charge is 0.339 e. The van der Waals surface area contributed by atoms with Gasteiger partial charge in [0.2, 0.25) is 0 Å². The van der Waals surface area contributed by atoms with Gasteiger partial charge in [-0.25, -0.2) is 4.79 Å². The Morgan fingerprint density at radius 1 is 1.23 bits per heavy atom. The summed E-state index contributed by atoms with van der Waals surface area (Å²) in [6.45, 7) is 3.76. The minimum absolute atomic E-state index is 0.225. The fraction of sp³-hybridized carbons (Fsp3) is 0.381. The van der Waals surface area contributed by atoms with Crippen LogP contribution in [0, 0.1) is 0 Å². The summed E-state index contributed by atoms with van der Waals surface area (Å²) in [5.74, 6) is -0.892. The summed E-state index contributed by atoms with van der Waals surface area (Å²) in [4.78, 5) is 38.0. The second kappa shape index (κ2) is 9.17. The van der Waals surface area contributed by atoms with Gasteiger partial charge in [0.05, 0.1) is 24.8 Å². The number of hydrogen-bond acceptors (Lipinski definition) is 7. The molecule has 1 aromatic carbocycles. The van der Waals surface area contributed by atoms with Gasteiger partial charge < -0.3 is 25.3 Å². The quantitative estimate of drug-likeness (QED) is 0.620. The highest BCUT2D eigenvalue weighted by Gasteiger charge is 2.28. The van der Waals surface area contributed by atoms with Crippen molar-refractivity contribution in [2.45, 2.75) is 39.2 Å². The van der Waals surface area contributed by atoms with Gasteiger partial charge in [-0.1, -0.05) is 0 Å². The van der Waals surface area contributed by atoms with E-state index in [4.69, 9.17) is 19.9 Å². The van der Waals surface area contributed by atoms with Crippen molar-refractivity contribution in [1.82, 2.24) is 0 Å². The Kier molecular flexibility index (Phi) is 6.61. The number of hydrogen-bond donors (Lipinski definition) is 2. The molecule has 1 aliphatic carbocycles. The molecule has 2 aromatic rings. The molecule has 9 heteroatoms. The van der Waals surface area contributed by atoms with Crippen molar-refractivity contribution in [3.05, 3.63) is 39.8 Å². The van der Waals surface area contributed by atoms with Crippen molar-refractivity contribution < 1.29 is 28.6 Å². The van der Waals surface area contributed by atoms with Crippen molar-refractivity contribution in [3.63, 3.8) is 0 Å². The molecule has 30 heavy (non-hydrogen) atoms. The van der Waals surface area contributed by atoms with Crippen LogP contribution in [0.1, 0.15) is 51.4 Å². The average Bonchev–Trinajstić information content (AvgIpc) is 3.28. The lowest BCUT2D eigenvalue weighted by Crippen LogP contribution is -2.30. The molecule has 0 fully saturated rings. The Labute approximate surface area is 178 Å². The Balaban J connectivity index is 1.69. The molecule has 1 aliphatic rings. The Morgan fingerprint density at radius 3 is 2.67 bits per heavy atom. The highest BCUT2D eigenvalue weighted by Crippen LogP contribution is 2.39. The second-order valence-corrected chi connectivity index (χ2v) is 7.87. The maximum Gasteiger partial charge on any atom is 0.339 e. The number of nitrogens with two attached hydrogens (primary N) is 1. The van der Waals surface area contributed by atoms with E-state index in [1.807, 2.05) is 6.92 Å². The third-order valence-corrected chi connectivity index (χ3v) is 5.96. The van der Waals surface area contributed by atoms with E-state index in [2.05, 4.69) is 5.32 Å². The van der Waals surface area contributed by atoms with Crippen LogP contribution in [0.25, 0.3) is 0 Å². The summed E-state index contributed by atoms with van der Waals surface area (Å²) < 4.78 is 15.9. The number of carbonyl (C=O) groups excluding carboxylic acids is 3. The number of benzene rings is 1. The SMILES string of the molecule is CCOc1ccc(C(=O)OC(C)C(=O)Nc2sc3c(c2C(N)=O)CCC3)cc1OC. The van der Waals surface area contributed by atoms with Gasteiger partial charge in [-0.2, -0.15) is 0 Å². The molecule has 1 heterocycles. The van der Waals surface area contributed by atoms with Gasteiger partial charge in [0.15, 0.2) is 17.6 Å². The average molecular weight is 432 g/mol. The first-order valence-electron chi connectivity index (χ1n) is 9.62. The normalized spacial score (nSPS) is 13.3. The molecular formula is C21H24N2O6S. The summed E-state index contributed by atoms with van der Waals surface area (Å²) in [6.07, 6.45) is 1.52. The number of fused-ring (bicyclic) bond motifs is 1. The molecule has 0 radical (unpaired) electrons. The van der Waals surface area contributed by atoms with Crippen LogP contribution in [0.2, 0.25) is 0 Å². The Morgan fingerprint density at radius 2 is 2.00 bits per heavy atom. The summed E-state index contributed by atoms with van der Waals surface area (Å²) in [6, 6.07) is 4.64. The van der Waals surface area contributed by atoms with E-state index in [1.165, 1.54) is 37.5 Å². The number of amides is 2. The van der Waals surface area contributed by atoms with Crippen LogP contribution in [-0.2, 0) is 22.4 Å². The first kappa shape index (κ1) is 21.6. The molecule has 3 N–H and O–H groups in total. The molecule has 0 bridgehead atoms. The molecule has 0 spiro atoms. The number of thiophene rings is 1. The lowest BCUT2D eigenvalue weighted by molar-refractivity contribution is -0.123. The molecule has 8 nitrogen and oxygen atoms in total. The molecule has 1 unspecified atom stereocenters. The van der Waals surface area contributed by atoms with Crippen molar-refractivity contribution in [2.75, 3.05) is 19.0 Å². The predicted octanol–water partition coefficient (Wildman–Crippen LogP) is 2.93. The Bertz CT molecular complexity index is 984. The van der Waals surface area contributed by atoms with E-state index < -0.39 is 23.9 Å². The van der Waals surface area contributed by atoms with Crippen LogP contribution in [0.5, 0.6) is 11.5 Å². The number of anilines is 1. The van der Waals surface area contributed by atoms with Gasteiger partial charge in [-0.3, -0.25) is 9.59 Å². The van der Waals surface area contributed by atoms with Gasteiger partial charge in [0.1, 0.15) is 5.00 Å². The standard InChI is InChI=1S/C21H24N2O6S/c1-4-28-14-9-8-12(10-15(14)27-3)21(26)29-11(2)19(25)23-20-17(18(22)24)13-6-5-7-16(13)30-20/h8-11H,4-7H2,1-3H3,(H2,22,24)(H,23,25). The number of esters is 1. The van der Waals surface area contributed by atoms with Crippen LogP contribution in [0.3, 0.4) is 0 Å². The first-order chi connectivity index (χ1) is 14.3. The summed E-state index contributed by atoms with van der Waals surface area (Å²) >= 11 is 1.35. The van der Waals surface area contributed by atoms with Crippen LogP contribution in [0.15, 0.2) is 18.2 Å². The number of primary amides is 1. The molecule has 0 saturated carbocycles. The van der Waals surface area contributed by atoms with E-state index >= 15 is 0 Å². The first-order valence-corrected chi connectivity index (χ1v) is 10.4. The molecular weight excluding hydrogens is 408 g/mol. The number of nitrogens with one attached hydrogen (secondary N) is 1. The zero-order chi connectivity index (χ0) is 21.8. The molecule has 3 rings (SSSR count). The van der Waals surface area contributed by atoms with Crippen molar-refractivity contribution in [2.24, 2.45) is 5.73 Å². The van der Waals surface area contributed by atoms with Crippen molar-refractivity contribution >= 4 is 34.1 Å². The molecule has 1 atom stereocenters. The highest BCUT2D eigenvalue weighted by molar-refractivity contribution is 7.17. The second-order valence-electron chi connectivity index (χ2n) is 6.76. The number of methoxy groups -OCH3 is 1. The van der Waals surface area contributed by atoms with Gasteiger partial charge in [-0.15, -0.1) is 11.3 Å². The maximum atomic E-state index is 12.6. The number of rotatable bonds is 8. The van der Waals surface area contributed by atoms with Crippen molar-refractivity contribution in [1.29, 1.82) is 0 Å². The largest absolute Gasteiger partial charge is 0.493 e. The molecule has 0 aliphatic heterocycles. The van der Waals surface area contributed by atoms with E-state index in [0.29, 0.717) is 28.7 Å². The highest BCUT2D eigenvalue weighted by atomic mass is 32.1. The van der Waals surface area contributed by atoms with E-state index in [0.717, 1.165) is 29.7 Å². The summed E-state index contributed by atoms with van der Waals surface area (Å²) in [7, 11) is 1.47. The number of aryl methyl sites for hydroxylation is 1. The number of carbonyl (C=O) groups is 3. The van der Waals surface area contributed by atoms with E-state index in [-0.39, 0.29) is 5.56 Å². The van der Waals surface area contributed by atoms with Gasteiger partial charge >= 0.3 is 5.97 Å². The van der Waals surface area contributed by atoms with Crippen LogP contribution in [0.4, 0.5) is 5.00 Å².